The molecule has 1 unspecified atom stereocenters. The number of alkyl halides is 3. The monoisotopic (exact) mass is 349 g/mol. The highest BCUT2D eigenvalue weighted by atomic mass is 35.5. The molecule has 2 rings (SSSR count). The molecule has 1 atom stereocenters. The molecule has 1 aromatic rings. The highest BCUT2D eigenvalue weighted by molar-refractivity contribution is 6.31. The number of hydrogen-bond acceptors (Lipinski definition) is 2. The molecule has 0 aromatic heterocycles. The van der Waals surface area contributed by atoms with E-state index < -0.39 is 29.0 Å². The Morgan fingerprint density at radius 2 is 1.96 bits per heavy atom. The lowest BCUT2D eigenvalue weighted by Crippen LogP contribution is -2.48. The fraction of sp³-hybridized carbons (Fsp3) is 0.467. The minimum absolute atomic E-state index is 0.0466. The molecule has 0 aliphatic carbocycles. The zero-order chi connectivity index (χ0) is 17.4. The quantitative estimate of drug-likeness (QED) is 0.886. The highest BCUT2D eigenvalue weighted by Gasteiger charge is 2.40. The second-order valence-corrected chi connectivity index (χ2v) is 6.36. The molecule has 0 radical (unpaired) electrons. The van der Waals surface area contributed by atoms with Crippen molar-refractivity contribution in [2.75, 3.05) is 13.1 Å². The second-order valence-electron chi connectivity index (χ2n) is 5.92. The van der Waals surface area contributed by atoms with E-state index in [1.807, 2.05) is 0 Å². The number of hydrogen-bond donors (Lipinski definition) is 1. The number of amides is 1. The van der Waals surface area contributed by atoms with Gasteiger partial charge in [-0.3, -0.25) is 9.59 Å². The molecule has 1 aliphatic rings. The number of carboxylic acid groups (broad SMARTS) is 1. The van der Waals surface area contributed by atoms with Crippen LogP contribution in [0.2, 0.25) is 5.02 Å². The van der Waals surface area contributed by atoms with Crippen LogP contribution in [0.4, 0.5) is 13.2 Å². The van der Waals surface area contributed by atoms with E-state index in [-0.39, 0.29) is 17.1 Å². The molecular weight excluding hydrogens is 335 g/mol. The van der Waals surface area contributed by atoms with E-state index >= 15 is 0 Å². The number of likely N-dealkylation sites (tertiary alicyclic amines) is 1. The molecule has 4 nitrogen and oxygen atoms in total. The zero-order valence-corrected chi connectivity index (χ0v) is 13.0. The Morgan fingerprint density at radius 3 is 2.52 bits per heavy atom. The lowest BCUT2D eigenvalue weighted by Gasteiger charge is -2.37. The topological polar surface area (TPSA) is 57.6 Å². The van der Waals surface area contributed by atoms with Gasteiger partial charge in [0.25, 0.3) is 5.91 Å². The molecule has 1 amide bonds. The molecule has 0 spiro atoms. The van der Waals surface area contributed by atoms with Gasteiger partial charge >= 0.3 is 12.1 Å². The van der Waals surface area contributed by atoms with Crippen molar-refractivity contribution >= 4 is 23.5 Å². The van der Waals surface area contributed by atoms with Crippen LogP contribution in [0.1, 0.15) is 35.7 Å². The van der Waals surface area contributed by atoms with Crippen LogP contribution in [0, 0.1) is 5.41 Å². The maximum atomic E-state index is 12.8. The van der Waals surface area contributed by atoms with Gasteiger partial charge in [-0.15, -0.1) is 0 Å². The Labute approximate surface area is 135 Å². The van der Waals surface area contributed by atoms with Crippen molar-refractivity contribution in [1.29, 1.82) is 0 Å². The van der Waals surface area contributed by atoms with Crippen LogP contribution >= 0.6 is 11.6 Å². The summed E-state index contributed by atoms with van der Waals surface area (Å²) in [5, 5.41) is 9.06. The Balaban J connectivity index is 2.30. The first kappa shape index (κ1) is 17.6. The highest BCUT2D eigenvalue weighted by Crippen LogP contribution is 2.34. The maximum absolute atomic E-state index is 12.8. The number of benzene rings is 1. The summed E-state index contributed by atoms with van der Waals surface area (Å²) in [7, 11) is 0. The van der Waals surface area contributed by atoms with Crippen molar-refractivity contribution < 1.29 is 27.9 Å². The number of aliphatic carboxylic acids is 1. The molecule has 23 heavy (non-hydrogen) atoms. The van der Waals surface area contributed by atoms with Crippen LogP contribution in [0.25, 0.3) is 0 Å². The van der Waals surface area contributed by atoms with E-state index in [0.29, 0.717) is 19.4 Å². The molecule has 0 bridgehead atoms. The Kier molecular flexibility index (Phi) is 4.61. The summed E-state index contributed by atoms with van der Waals surface area (Å²) in [6.45, 7) is 1.78. The summed E-state index contributed by atoms with van der Waals surface area (Å²) < 4.78 is 38.5. The predicted molar refractivity (Wildman–Crippen MR) is 77.3 cm³/mol. The summed E-state index contributed by atoms with van der Waals surface area (Å²) in [5.74, 6) is -1.68. The summed E-state index contributed by atoms with van der Waals surface area (Å²) in [4.78, 5) is 25.0. The van der Waals surface area contributed by atoms with Crippen molar-refractivity contribution in [2.45, 2.75) is 25.9 Å². The Hall–Kier alpha value is -1.76. The molecule has 1 N–H and O–H groups in total. The minimum Gasteiger partial charge on any atom is -0.481 e. The lowest BCUT2D eigenvalue weighted by molar-refractivity contribution is -0.150. The van der Waals surface area contributed by atoms with Gasteiger partial charge < -0.3 is 10.0 Å². The lowest BCUT2D eigenvalue weighted by atomic mass is 9.82. The largest absolute Gasteiger partial charge is 0.481 e. The first-order valence-corrected chi connectivity index (χ1v) is 7.31. The third kappa shape index (κ3) is 3.77. The van der Waals surface area contributed by atoms with Crippen molar-refractivity contribution in [3.8, 4) is 0 Å². The van der Waals surface area contributed by atoms with Gasteiger partial charge in [0, 0.05) is 23.7 Å². The average molecular weight is 350 g/mol. The normalized spacial score (nSPS) is 22.0. The van der Waals surface area contributed by atoms with E-state index in [1.165, 1.54) is 11.8 Å². The van der Waals surface area contributed by atoms with E-state index in [1.54, 1.807) is 0 Å². The van der Waals surface area contributed by atoms with Gasteiger partial charge in [0.15, 0.2) is 0 Å². The van der Waals surface area contributed by atoms with Gasteiger partial charge in [-0.2, -0.15) is 13.2 Å². The van der Waals surface area contributed by atoms with Crippen LogP contribution in [0.3, 0.4) is 0 Å². The molecule has 1 fully saturated rings. The number of carbonyl (C=O) groups excluding carboxylic acids is 1. The van der Waals surface area contributed by atoms with Crippen molar-refractivity contribution in [3.63, 3.8) is 0 Å². The number of carboxylic acids is 1. The van der Waals surface area contributed by atoms with Crippen LogP contribution in [-0.4, -0.2) is 35.0 Å². The van der Waals surface area contributed by atoms with Crippen LogP contribution in [0.15, 0.2) is 18.2 Å². The summed E-state index contributed by atoms with van der Waals surface area (Å²) in [6.07, 6.45) is -3.73. The number of carbonyl (C=O) groups is 2. The predicted octanol–water partition coefficient (Wildman–Crippen LogP) is 3.69. The molecule has 0 saturated carbocycles. The fourth-order valence-electron chi connectivity index (χ4n) is 2.65. The van der Waals surface area contributed by atoms with Gasteiger partial charge in [0.2, 0.25) is 0 Å². The Bertz CT molecular complexity index is 647. The van der Waals surface area contributed by atoms with Gasteiger partial charge in [-0.1, -0.05) is 11.6 Å². The molecule has 1 heterocycles. The number of halogens is 4. The smallest absolute Gasteiger partial charge is 0.416 e. The minimum atomic E-state index is -4.61. The number of piperidine rings is 1. The van der Waals surface area contributed by atoms with Crippen LogP contribution < -0.4 is 0 Å². The van der Waals surface area contributed by atoms with Crippen LogP contribution in [0.5, 0.6) is 0 Å². The molecule has 1 aliphatic heterocycles. The van der Waals surface area contributed by atoms with Crippen molar-refractivity contribution in [2.24, 2.45) is 5.41 Å². The third-order valence-corrected chi connectivity index (χ3v) is 4.19. The van der Waals surface area contributed by atoms with Crippen molar-refractivity contribution in [3.05, 3.63) is 34.3 Å². The average Bonchev–Trinajstić information content (AvgIpc) is 2.44. The van der Waals surface area contributed by atoms with E-state index in [0.717, 1.165) is 18.2 Å². The molecule has 1 aromatic carbocycles. The molecule has 8 heteroatoms. The molecule has 126 valence electrons. The third-order valence-electron chi connectivity index (χ3n) is 3.97. The molecule has 1 saturated heterocycles. The number of nitrogens with zero attached hydrogens (tertiary/aromatic N) is 1. The van der Waals surface area contributed by atoms with Crippen molar-refractivity contribution in [1.82, 2.24) is 4.90 Å². The molecular formula is C15H15ClF3NO3. The summed E-state index contributed by atoms with van der Waals surface area (Å²) in [5.41, 5.74) is -2.30. The zero-order valence-electron chi connectivity index (χ0n) is 12.3. The van der Waals surface area contributed by atoms with Gasteiger partial charge in [-0.05, 0) is 38.0 Å². The second kappa shape index (κ2) is 6.03. The van der Waals surface area contributed by atoms with Gasteiger partial charge in [-0.25, -0.2) is 0 Å². The van der Waals surface area contributed by atoms with Gasteiger partial charge in [0.05, 0.1) is 11.0 Å². The first-order chi connectivity index (χ1) is 10.5. The fourth-order valence-corrected chi connectivity index (χ4v) is 2.88. The van der Waals surface area contributed by atoms with Gasteiger partial charge in [0.1, 0.15) is 0 Å². The van der Waals surface area contributed by atoms with E-state index in [4.69, 9.17) is 11.6 Å². The SMILES string of the molecule is CC1(C(=O)O)CCCN(C(=O)c2cc(Cl)cc(C(F)(F)F)c2)C1. The summed E-state index contributed by atoms with van der Waals surface area (Å²) in [6, 6.07) is 2.64. The first-order valence-electron chi connectivity index (χ1n) is 6.93. The van der Waals surface area contributed by atoms with E-state index in [2.05, 4.69) is 0 Å². The summed E-state index contributed by atoms with van der Waals surface area (Å²) >= 11 is 5.68. The van der Waals surface area contributed by atoms with Crippen LogP contribution in [-0.2, 0) is 11.0 Å². The standard InChI is InChI=1S/C15H15ClF3NO3/c1-14(13(22)23)3-2-4-20(8-14)12(21)9-5-10(15(17,18)19)7-11(16)6-9/h5-7H,2-4,8H2,1H3,(H,22,23). The number of rotatable bonds is 2. The van der Waals surface area contributed by atoms with E-state index in [9.17, 15) is 27.9 Å². The Morgan fingerprint density at radius 1 is 1.30 bits per heavy atom. The maximum Gasteiger partial charge on any atom is 0.416 e.